The van der Waals surface area contributed by atoms with E-state index >= 15 is 0 Å². The summed E-state index contributed by atoms with van der Waals surface area (Å²) in [6.45, 7) is -1.00. The molecule has 1 amide bonds. The zero-order chi connectivity index (χ0) is 24.9. The van der Waals surface area contributed by atoms with Crippen molar-refractivity contribution in [3.05, 3.63) is 40.7 Å². The quantitative estimate of drug-likeness (QED) is 0.360. The molecule has 0 aliphatic rings. The number of aromatic nitrogens is 1. The Morgan fingerprint density at radius 3 is 2.25 bits per heavy atom. The third-order valence-corrected chi connectivity index (χ3v) is 4.77. The van der Waals surface area contributed by atoms with E-state index in [1.54, 1.807) is 0 Å². The van der Waals surface area contributed by atoms with Crippen molar-refractivity contribution < 1.29 is 44.9 Å². The summed E-state index contributed by atoms with van der Waals surface area (Å²) < 4.78 is 105. The molecule has 0 aliphatic carbocycles. The van der Waals surface area contributed by atoms with E-state index in [9.17, 15) is 39.9 Å². The van der Waals surface area contributed by atoms with E-state index < -0.39 is 58.4 Å². The number of allylic oxidation sites excluding steroid dienone is 2. The van der Waals surface area contributed by atoms with Gasteiger partial charge in [0.2, 0.25) is 5.91 Å². The summed E-state index contributed by atoms with van der Waals surface area (Å²) in [5, 5.41) is 4.11. The van der Waals surface area contributed by atoms with Crippen LogP contribution in [0.15, 0.2) is 35.1 Å². The van der Waals surface area contributed by atoms with Crippen LogP contribution in [0.3, 0.4) is 0 Å². The first-order valence-electron chi connectivity index (χ1n) is 8.88. The molecule has 0 radical (unpaired) electrons. The average Bonchev–Trinajstić information content (AvgIpc) is 2.69. The first kappa shape index (κ1) is 27.5. The largest absolute Gasteiger partial charge is 0.429 e. The molecule has 180 valence electrons. The topological polar surface area (TPSA) is 81.3 Å². The minimum Gasteiger partial charge on any atom is -0.404 e. The Hall–Kier alpha value is -2.57. The second kappa shape index (κ2) is 10.4. The molecule has 2 unspecified atom stereocenters. The van der Waals surface area contributed by atoms with Crippen molar-refractivity contribution in [1.29, 1.82) is 0 Å². The van der Waals surface area contributed by atoms with Gasteiger partial charge < -0.3 is 11.1 Å². The maximum atomic E-state index is 14.4. The molecule has 0 aliphatic heterocycles. The summed E-state index contributed by atoms with van der Waals surface area (Å²) in [5.74, 6) is -2.45. The average molecular weight is 496 g/mol. The van der Waals surface area contributed by atoms with Crippen LogP contribution in [-0.4, -0.2) is 32.0 Å². The van der Waals surface area contributed by atoms with Crippen LogP contribution in [0.1, 0.15) is 18.9 Å². The molecule has 0 aromatic carbocycles. The SMILES string of the molecule is CCC(C(=O)Nc1cc(C(F)(CF)C(F)(F)F)c[nH+]c1NC)/C(Cl)=C\C(=C/N)C(F)(F)F. The summed E-state index contributed by atoms with van der Waals surface area (Å²) in [4.78, 5) is 14.9. The Morgan fingerprint density at radius 2 is 1.84 bits per heavy atom. The molecule has 2 atom stereocenters. The lowest BCUT2D eigenvalue weighted by Crippen LogP contribution is -2.41. The fraction of sp³-hybridized carbons (Fsp3) is 0.444. The maximum Gasteiger partial charge on any atom is 0.429 e. The molecule has 1 aromatic rings. The Kier molecular flexibility index (Phi) is 8.90. The predicted molar refractivity (Wildman–Crippen MR) is 102 cm³/mol. The van der Waals surface area contributed by atoms with Crippen LogP contribution in [0.2, 0.25) is 0 Å². The van der Waals surface area contributed by atoms with Crippen molar-refractivity contribution in [2.45, 2.75) is 31.4 Å². The van der Waals surface area contributed by atoms with Gasteiger partial charge in [-0.3, -0.25) is 10.1 Å². The number of carbonyl (C=O) groups is 1. The van der Waals surface area contributed by atoms with E-state index in [-0.39, 0.29) is 18.4 Å². The van der Waals surface area contributed by atoms with Crippen molar-refractivity contribution in [3.63, 3.8) is 0 Å². The van der Waals surface area contributed by atoms with Gasteiger partial charge in [-0.05, 0) is 18.6 Å². The van der Waals surface area contributed by atoms with Crippen LogP contribution >= 0.6 is 11.6 Å². The maximum absolute atomic E-state index is 14.4. The highest BCUT2D eigenvalue weighted by Crippen LogP contribution is 2.43. The van der Waals surface area contributed by atoms with Crippen LogP contribution in [0.4, 0.5) is 46.6 Å². The molecule has 5 nitrogen and oxygen atoms in total. The van der Waals surface area contributed by atoms with Crippen LogP contribution in [0.5, 0.6) is 0 Å². The van der Waals surface area contributed by atoms with Gasteiger partial charge >= 0.3 is 12.4 Å². The van der Waals surface area contributed by atoms with E-state index in [1.165, 1.54) is 14.0 Å². The van der Waals surface area contributed by atoms with Crippen molar-refractivity contribution in [3.8, 4) is 0 Å². The lowest BCUT2D eigenvalue weighted by atomic mass is 9.97. The molecule has 1 aromatic heterocycles. The molecule has 0 bridgehead atoms. The molecule has 0 spiro atoms. The molecule has 1 heterocycles. The normalized spacial score (nSPS) is 16.3. The number of rotatable bonds is 8. The van der Waals surface area contributed by atoms with Crippen LogP contribution in [-0.2, 0) is 10.5 Å². The van der Waals surface area contributed by atoms with Gasteiger partial charge in [-0.15, -0.1) is 0 Å². The third-order valence-electron chi connectivity index (χ3n) is 4.40. The number of hydrogen-bond donors (Lipinski definition) is 3. The number of amides is 1. The number of aromatic amines is 1. The zero-order valence-electron chi connectivity index (χ0n) is 16.7. The Bertz CT molecular complexity index is 885. The monoisotopic (exact) mass is 495 g/mol. The fourth-order valence-electron chi connectivity index (χ4n) is 2.55. The first-order valence-corrected chi connectivity index (χ1v) is 9.26. The van der Waals surface area contributed by atoms with Gasteiger partial charge in [0, 0.05) is 16.8 Å². The number of pyridine rings is 1. The Labute approximate surface area is 182 Å². The van der Waals surface area contributed by atoms with Crippen molar-refractivity contribution in [2.75, 3.05) is 24.4 Å². The highest BCUT2D eigenvalue weighted by atomic mass is 35.5. The van der Waals surface area contributed by atoms with Gasteiger partial charge in [-0.25, -0.2) is 13.8 Å². The number of anilines is 2. The van der Waals surface area contributed by atoms with Gasteiger partial charge in [0.1, 0.15) is 12.4 Å². The lowest BCUT2D eigenvalue weighted by molar-refractivity contribution is -0.363. The Morgan fingerprint density at radius 1 is 1.25 bits per heavy atom. The number of alkyl halides is 8. The summed E-state index contributed by atoms with van der Waals surface area (Å²) >= 11 is 5.87. The molecular formula is C18H20ClF8N4O+. The van der Waals surface area contributed by atoms with E-state index in [0.29, 0.717) is 18.3 Å². The lowest BCUT2D eigenvalue weighted by Gasteiger charge is -2.25. The van der Waals surface area contributed by atoms with Gasteiger partial charge in [0.15, 0.2) is 0 Å². The van der Waals surface area contributed by atoms with E-state index in [4.69, 9.17) is 17.3 Å². The van der Waals surface area contributed by atoms with Gasteiger partial charge in [-0.1, -0.05) is 18.5 Å². The van der Waals surface area contributed by atoms with Gasteiger partial charge in [0.05, 0.1) is 24.7 Å². The molecule has 0 fully saturated rings. The third kappa shape index (κ3) is 6.02. The van der Waals surface area contributed by atoms with Gasteiger partial charge in [-0.2, -0.15) is 26.3 Å². The predicted octanol–water partition coefficient (Wildman–Crippen LogP) is 4.73. The molecule has 5 N–H and O–H groups in total. The molecule has 14 heteroatoms. The molecule has 0 saturated carbocycles. The molecule has 32 heavy (non-hydrogen) atoms. The second-order valence-electron chi connectivity index (χ2n) is 6.46. The van der Waals surface area contributed by atoms with Gasteiger partial charge in [0.25, 0.3) is 11.5 Å². The van der Waals surface area contributed by atoms with E-state index in [0.717, 1.165) is 0 Å². The molecular weight excluding hydrogens is 476 g/mol. The highest BCUT2D eigenvalue weighted by Gasteiger charge is 2.58. The molecule has 0 saturated heterocycles. The van der Waals surface area contributed by atoms with E-state index in [1.807, 2.05) is 0 Å². The number of hydrogen-bond acceptors (Lipinski definition) is 3. The van der Waals surface area contributed by atoms with Crippen LogP contribution in [0, 0.1) is 5.92 Å². The van der Waals surface area contributed by atoms with Crippen LogP contribution in [0.25, 0.3) is 0 Å². The van der Waals surface area contributed by atoms with E-state index in [2.05, 4.69) is 15.6 Å². The van der Waals surface area contributed by atoms with Crippen molar-refractivity contribution in [2.24, 2.45) is 11.7 Å². The fourth-order valence-corrected chi connectivity index (χ4v) is 2.92. The number of nitrogens with two attached hydrogens (primary N) is 1. The number of carbonyl (C=O) groups excluding carboxylic acids is 1. The minimum absolute atomic E-state index is 0.0849. The standard InChI is InChI=1S/C18H19ClF8N4O/c1-3-11(12(19)4-9(6-28)17(22,23)24)15(32)31-13-5-10(7-30-14(13)29-2)16(21,8-20)18(25,26)27/h4-7,11H,3,8,28H2,1-2H3,(H,29,30)(H,31,32)/p+1/b9-6+,12-4+. The Balaban J connectivity index is 3.36. The number of halogens is 9. The molecule has 1 rings (SSSR count). The number of H-pyrrole nitrogens is 1. The van der Waals surface area contributed by atoms with Crippen molar-refractivity contribution in [1.82, 2.24) is 0 Å². The summed E-state index contributed by atoms with van der Waals surface area (Å²) in [6, 6.07) is 0.554. The summed E-state index contributed by atoms with van der Waals surface area (Å²) in [7, 11) is 1.31. The second-order valence-corrected chi connectivity index (χ2v) is 6.90. The summed E-state index contributed by atoms with van der Waals surface area (Å²) in [6.07, 6.45) is -9.29. The highest BCUT2D eigenvalue weighted by molar-refractivity contribution is 6.31. The smallest absolute Gasteiger partial charge is 0.404 e. The van der Waals surface area contributed by atoms with Crippen molar-refractivity contribution >= 4 is 29.0 Å². The minimum atomic E-state index is -5.60. The van der Waals surface area contributed by atoms with Crippen LogP contribution < -0.4 is 21.4 Å². The zero-order valence-corrected chi connectivity index (χ0v) is 17.4. The first-order chi connectivity index (χ1) is 14.7. The number of nitrogens with one attached hydrogen (secondary N) is 3. The summed E-state index contributed by atoms with van der Waals surface area (Å²) in [5.41, 5.74) is -2.32.